The molecule has 1 aliphatic carbocycles. The van der Waals surface area contributed by atoms with Crippen molar-refractivity contribution in [1.82, 2.24) is 20.2 Å². The van der Waals surface area contributed by atoms with Crippen LogP contribution in [0.25, 0.3) is 27.9 Å². The number of pyridine rings is 1. The quantitative estimate of drug-likeness (QED) is 0.166. The molecule has 3 N–H and O–H groups in total. The molecule has 242 valence electrons. The first-order valence-corrected chi connectivity index (χ1v) is 16.8. The Kier molecular flexibility index (Phi) is 8.31. The number of nitrogens with one attached hydrogen (secondary N) is 3. The van der Waals surface area contributed by atoms with Gasteiger partial charge in [0.05, 0.1) is 34.3 Å². The lowest BCUT2D eigenvalue weighted by atomic mass is 9.96. The van der Waals surface area contributed by atoms with Crippen LogP contribution in [0.15, 0.2) is 79.0 Å². The van der Waals surface area contributed by atoms with Crippen LogP contribution in [0.5, 0.6) is 0 Å². The summed E-state index contributed by atoms with van der Waals surface area (Å²) in [6, 6.07) is 18.5. The molecule has 2 amide bonds. The molecule has 1 saturated carbocycles. The summed E-state index contributed by atoms with van der Waals surface area (Å²) in [5.41, 5.74) is 3.88. The van der Waals surface area contributed by atoms with E-state index in [-0.39, 0.29) is 34.4 Å². The molecule has 2 heterocycles. The number of carbonyl (C=O) groups excluding carboxylic acids is 2. The molecule has 1 fully saturated rings. The van der Waals surface area contributed by atoms with Crippen molar-refractivity contribution in [1.29, 1.82) is 0 Å². The third kappa shape index (κ3) is 6.33. The average Bonchev–Trinajstić information content (AvgIpc) is 3.72. The minimum absolute atomic E-state index is 0.124. The fourth-order valence-electron chi connectivity index (χ4n) is 5.76. The molecule has 6 rings (SSSR count). The maximum atomic E-state index is 13.8. The molecule has 0 atom stereocenters. The van der Waals surface area contributed by atoms with Gasteiger partial charge in [-0.15, -0.1) is 0 Å². The van der Waals surface area contributed by atoms with Crippen LogP contribution in [-0.2, 0) is 15.6 Å². The van der Waals surface area contributed by atoms with Gasteiger partial charge in [-0.25, -0.2) is 21.7 Å². The summed E-state index contributed by atoms with van der Waals surface area (Å²) in [5.74, 6) is -1.70. The number of amides is 2. The van der Waals surface area contributed by atoms with E-state index >= 15 is 0 Å². The van der Waals surface area contributed by atoms with Crippen LogP contribution < -0.4 is 15.4 Å². The van der Waals surface area contributed by atoms with Crippen molar-refractivity contribution in [2.45, 2.75) is 38.6 Å². The smallest absolute Gasteiger partial charge is 0.255 e. The third-order valence-corrected chi connectivity index (χ3v) is 9.85. The molecule has 0 radical (unpaired) electrons. The zero-order chi connectivity index (χ0) is 33.5. The average molecular weight is 658 g/mol. The lowest BCUT2D eigenvalue weighted by molar-refractivity contribution is 0.0929. The van der Waals surface area contributed by atoms with Crippen molar-refractivity contribution in [3.8, 4) is 22.4 Å². The molecule has 0 aliphatic heterocycles. The van der Waals surface area contributed by atoms with Gasteiger partial charge in [0.2, 0.25) is 10.0 Å². The Morgan fingerprint density at radius 2 is 1.57 bits per heavy atom. The number of anilines is 1. The standard InChI is InChI=1S/C35H33F2N5O4S/c1-4-17-47(45,46)41-29-20-42-30(31(34(44)38-3)32(40-42)22-7-11-25(36)12-8-22)19-28(29)27-18-23(6-5-21(27)2)33(43)39-35(15-16-35)24-9-13-26(37)14-10-24/h5-14,18-20,41H,4,15-17H2,1-3H3,(H,38,44)(H,39,43). The largest absolute Gasteiger partial charge is 0.355 e. The Balaban J connectivity index is 1.49. The second-order valence-electron chi connectivity index (χ2n) is 11.7. The number of hydrogen-bond donors (Lipinski definition) is 3. The molecule has 2 aromatic heterocycles. The third-order valence-electron chi connectivity index (χ3n) is 8.37. The number of benzene rings is 3. The van der Waals surface area contributed by atoms with E-state index in [4.69, 9.17) is 0 Å². The molecule has 47 heavy (non-hydrogen) atoms. The van der Waals surface area contributed by atoms with Crippen LogP contribution in [0.3, 0.4) is 0 Å². The molecule has 0 saturated heterocycles. The Morgan fingerprint density at radius 3 is 2.19 bits per heavy atom. The number of fused-ring (bicyclic) bond motifs is 1. The monoisotopic (exact) mass is 657 g/mol. The van der Waals surface area contributed by atoms with E-state index in [1.165, 1.54) is 54.2 Å². The number of rotatable bonds is 10. The number of aromatic nitrogens is 2. The van der Waals surface area contributed by atoms with Crippen molar-refractivity contribution < 1.29 is 26.8 Å². The second kappa shape index (κ2) is 12.3. The Morgan fingerprint density at radius 1 is 0.915 bits per heavy atom. The van der Waals surface area contributed by atoms with Crippen molar-refractivity contribution in [3.63, 3.8) is 0 Å². The van der Waals surface area contributed by atoms with E-state index in [0.29, 0.717) is 47.0 Å². The first kappa shape index (κ1) is 31.9. The Labute approximate surface area is 271 Å². The molecule has 0 unspecified atom stereocenters. The Bertz CT molecular complexity index is 2120. The predicted molar refractivity (Wildman–Crippen MR) is 177 cm³/mol. The van der Waals surface area contributed by atoms with E-state index < -0.39 is 27.3 Å². The number of halogens is 2. The maximum absolute atomic E-state index is 13.8. The fourth-order valence-corrected chi connectivity index (χ4v) is 6.90. The summed E-state index contributed by atoms with van der Waals surface area (Å²) in [7, 11) is -2.29. The zero-order valence-corrected chi connectivity index (χ0v) is 26.8. The van der Waals surface area contributed by atoms with Crippen molar-refractivity contribution >= 4 is 33.0 Å². The van der Waals surface area contributed by atoms with E-state index in [1.807, 2.05) is 6.92 Å². The molecule has 9 nitrogen and oxygen atoms in total. The lowest BCUT2D eigenvalue weighted by Crippen LogP contribution is -2.34. The van der Waals surface area contributed by atoms with E-state index in [9.17, 15) is 26.8 Å². The van der Waals surface area contributed by atoms with Crippen molar-refractivity contribution in [2.24, 2.45) is 0 Å². The number of carbonyl (C=O) groups is 2. The summed E-state index contributed by atoms with van der Waals surface area (Å²) in [4.78, 5) is 26.9. The number of hydrogen-bond acceptors (Lipinski definition) is 5. The van der Waals surface area contributed by atoms with Gasteiger partial charge in [-0.2, -0.15) is 5.10 Å². The molecule has 12 heteroatoms. The highest BCUT2D eigenvalue weighted by atomic mass is 32.2. The minimum Gasteiger partial charge on any atom is -0.355 e. The lowest BCUT2D eigenvalue weighted by Gasteiger charge is -2.19. The van der Waals surface area contributed by atoms with Gasteiger partial charge in [0, 0.05) is 23.7 Å². The number of nitrogens with zero attached hydrogens (tertiary/aromatic N) is 2. The van der Waals surface area contributed by atoms with Crippen molar-refractivity contribution in [2.75, 3.05) is 17.5 Å². The highest BCUT2D eigenvalue weighted by Gasteiger charge is 2.45. The van der Waals surface area contributed by atoms with Gasteiger partial charge in [0.1, 0.15) is 17.3 Å². The van der Waals surface area contributed by atoms with Gasteiger partial charge >= 0.3 is 0 Å². The van der Waals surface area contributed by atoms with Gasteiger partial charge in [0.25, 0.3) is 11.8 Å². The summed E-state index contributed by atoms with van der Waals surface area (Å²) in [6.07, 6.45) is 3.30. The molecule has 1 aliphatic rings. The van der Waals surface area contributed by atoms with Gasteiger partial charge in [-0.1, -0.05) is 25.1 Å². The highest BCUT2D eigenvalue weighted by Crippen LogP contribution is 2.46. The molecule has 0 spiro atoms. The van der Waals surface area contributed by atoms with Crippen LogP contribution in [-0.4, -0.2) is 42.6 Å². The van der Waals surface area contributed by atoms with E-state index in [2.05, 4.69) is 20.5 Å². The van der Waals surface area contributed by atoms with Crippen LogP contribution >= 0.6 is 0 Å². The van der Waals surface area contributed by atoms with Gasteiger partial charge in [-0.3, -0.25) is 14.3 Å². The molecular weight excluding hydrogens is 624 g/mol. The highest BCUT2D eigenvalue weighted by molar-refractivity contribution is 7.92. The molecular formula is C35H33F2N5O4S. The van der Waals surface area contributed by atoms with Crippen LogP contribution in [0.1, 0.15) is 58.0 Å². The summed E-state index contributed by atoms with van der Waals surface area (Å²) in [6.45, 7) is 3.60. The fraction of sp³-hybridized carbons (Fsp3) is 0.229. The van der Waals surface area contributed by atoms with Gasteiger partial charge < -0.3 is 10.6 Å². The summed E-state index contributed by atoms with van der Waals surface area (Å²) >= 11 is 0. The summed E-state index contributed by atoms with van der Waals surface area (Å²) < 4.78 is 57.5. The molecule has 3 aromatic carbocycles. The SMILES string of the molecule is CCCS(=O)(=O)Nc1cn2nc(-c3ccc(F)cc3)c(C(=O)NC)c2cc1-c1cc(C(=O)NC2(c3ccc(F)cc3)CC2)ccc1C. The van der Waals surface area contributed by atoms with Crippen LogP contribution in [0.4, 0.5) is 14.5 Å². The normalized spacial score (nSPS) is 13.7. The first-order valence-electron chi connectivity index (χ1n) is 15.2. The van der Waals surface area contributed by atoms with E-state index in [1.54, 1.807) is 43.3 Å². The van der Waals surface area contributed by atoms with Gasteiger partial charge in [0.15, 0.2) is 0 Å². The maximum Gasteiger partial charge on any atom is 0.255 e. The number of aryl methyl sites for hydroxylation is 1. The van der Waals surface area contributed by atoms with Crippen LogP contribution in [0.2, 0.25) is 0 Å². The molecule has 5 aromatic rings. The topological polar surface area (TPSA) is 122 Å². The zero-order valence-electron chi connectivity index (χ0n) is 26.0. The number of sulfonamides is 1. The second-order valence-corrected chi connectivity index (χ2v) is 13.6. The van der Waals surface area contributed by atoms with Gasteiger partial charge in [-0.05, 0) is 97.5 Å². The van der Waals surface area contributed by atoms with Crippen LogP contribution in [0, 0.1) is 18.6 Å². The predicted octanol–water partition coefficient (Wildman–Crippen LogP) is 6.19. The van der Waals surface area contributed by atoms with Crippen molar-refractivity contribution in [3.05, 3.63) is 113 Å². The Hall–Kier alpha value is -5.10. The summed E-state index contributed by atoms with van der Waals surface area (Å²) in [5, 5.41) is 10.4. The minimum atomic E-state index is -3.77. The molecule has 0 bridgehead atoms. The first-order chi connectivity index (χ1) is 22.4. The van der Waals surface area contributed by atoms with E-state index in [0.717, 1.165) is 11.1 Å².